The molecule has 1 saturated carbocycles. The van der Waals surface area contributed by atoms with Crippen molar-refractivity contribution in [1.82, 2.24) is 4.57 Å². The molecular weight excluding hydrogens is 166 g/mol. The van der Waals surface area contributed by atoms with E-state index < -0.39 is 0 Å². The monoisotopic (exact) mass is 179 g/mol. The van der Waals surface area contributed by atoms with Crippen molar-refractivity contribution in [2.24, 2.45) is 7.05 Å². The molecule has 0 aromatic carbocycles. The molecule has 0 unspecified atom stereocenters. The first-order valence-electron chi connectivity index (χ1n) is 4.51. The van der Waals surface area contributed by atoms with Gasteiger partial charge in [0.15, 0.2) is 0 Å². The number of carbonyl (C=O) groups is 1. The van der Waals surface area contributed by atoms with Gasteiger partial charge in [0.2, 0.25) is 0 Å². The molecule has 3 nitrogen and oxygen atoms in total. The lowest BCUT2D eigenvalue weighted by molar-refractivity contribution is 0.0460. The number of carbonyl (C=O) groups excluding carboxylic acids is 1. The molecule has 0 atom stereocenters. The van der Waals surface area contributed by atoms with Crippen LogP contribution in [0, 0.1) is 6.92 Å². The van der Waals surface area contributed by atoms with E-state index in [0.717, 1.165) is 18.4 Å². The summed E-state index contributed by atoms with van der Waals surface area (Å²) in [6, 6.07) is 1.92. The predicted molar refractivity (Wildman–Crippen MR) is 48.6 cm³/mol. The molecule has 1 aromatic heterocycles. The van der Waals surface area contributed by atoms with Crippen LogP contribution in [0.3, 0.4) is 0 Å². The second-order valence-electron chi connectivity index (χ2n) is 3.56. The van der Waals surface area contributed by atoms with Gasteiger partial charge >= 0.3 is 5.97 Å². The zero-order chi connectivity index (χ0) is 9.42. The highest BCUT2D eigenvalue weighted by Crippen LogP contribution is 2.25. The van der Waals surface area contributed by atoms with Crippen LogP contribution in [0.4, 0.5) is 0 Å². The van der Waals surface area contributed by atoms with Gasteiger partial charge in [-0.25, -0.2) is 4.79 Å². The second-order valence-corrected chi connectivity index (χ2v) is 3.56. The van der Waals surface area contributed by atoms with E-state index >= 15 is 0 Å². The summed E-state index contributed by atoms with van der Waals surface area (Å²) in [6.07, 6.45) is 4.10. The van der Waals surface area contributed by atoms with Crippen molar-refractivity contribution in [3.05, 3.63) is 23.5 Å². The molecule has 1 aromatic rings. The Bertz CT molecular complexity index is 317. The molecule has 0 saturated heterocycles. The molecule has 0 radical (unpaired) electrons. The van der Waals surface area contributed by atoms with Gasteiger partial charge in [0, 0.05) is 13.2 Å². The molecule has 70 valence electrons. The smallest absolute Gasteiger partial charge is 0.355 e. The molecule has 1 aliphatic carbocycles. The van der Waals surface area contributed by atoms with Gasteiger partial charge in [-0.1, -0.05) is 0 Å². The summed E-state index contributed by atoms with van der Waals surface area (Å²) in [5.41, 5.74) is 1.65. The quantitative estimate of drug-likeness (QED) is 0.646. The van der Waals surface area contributed by atoms with Gasteiger partial charge in [-0.05, 0) is 31.4 Å². The molecule has 1 fully saturated rings. The number of aryl methyl sites for hydroxylation is 2. The van der Waals surface area contributed by atoms with E-state index in [0.29, 0.717) is 5.69 Å². The molecule has 0 bridgehead atoms. The Kier molecular flexibility index (Phi) is 1.87. The standard InChI is InChI=1S/C10H13NO2/c1-7-5-6-11(2)9(7)10(12)13-8-3-4-8/h5-6,8H,3-4H2,1-2H3. The topological polar surface area (TPSA) is 31.2 Å². The Labute approximate surface area is 77.3 Å². The molecule has 13 heavy (non-hydrogen) atoms. The maximum atomic E-state index is 11.6. The lowest BCUT2D eigenvalue weighted by Gasteiger charge is -2.04. The van der Waals surface area contributed by atoms with Crippen LogP contribution in [-0.2, 0) is 11.8 Å². The summed E-state index contributed by atoms with van der Waals surface area (Å²) in [5.74, 6) is -0.187. The third-order valence-electron chi connectivity index (χ3n) is 2.27. The summed E-state index contributed by atoms with van der Waals surface area (Å²) < 4.78 is 7.01. The zero-order valence-corrected chi connectivity index (χ0v) is 7.91. The molecular formula is C10H13NO2. The molecule has 1 aliphatic rings. The van der Waals surface area contributed by atoms with Crippen LogP contribution in [0.1, 0.15) is 28.9 Å². The first-order chi connectivity index (χ1) is 6.18. The normalized spacial score (nSPS) is 15.8. The Morgan fingerprint density at radius 2 is 2.31 bits per heavy atom. The minimum absolute atomic E-state index is 0.182. The summed E-state index contributed by atoms with van der Waals surface area (Å²) in [5, 5.41) is 0. The van der Waals surface area contributed by atoms with Crippen molar-refractivity contribution < 1.29 is 9.53 Å². The maximum absolute atomic E-state index is 11.6. The first-order valence-corrected chi connectivity index (χ1v) is 4.51. The van der Waals surface area contributed by atoms with Crippen molar-refractivity contribution in [1.29, 1.82) is 0 Å². The third-order valence-corrected chi connectivity index (χ3v) is 2.27. The molecule has 1 heterocycles. The van der Waals surface area contributed by atoms with Crippen molar-refractivity contribution in [3.63, 3.8) is 0 Å². The highest BCUT2D eigenvalue weighted by Gasteiger charge is 2.27. The number of hydrogen-bond donors (Lipinski definition) is 0. The first kappa shape index (κ1) is 8.35. The number of nitrogens with zero attached hydrogens (tertiary/aromatic N) is 1. The predicted octanol–water partition coefficient (Wildman–Crippen LogP) is 1.65. The second kappa shape index (κ2) is 2.91. The van der Waals surface area contributed by atoms with E-state index in [4.69, 9.17) is 4.74 Å². The fourth-order valence-corrected chi connectivity index (χ4v) is 1.35. The Morgan fingerprint density at radius 1 is 1.62 bits per heavy atom. The Balaban J connectivity index is 2.17. The molecule has 0 spiro atoms. The summed E-state index contributed by atoms with van der Waals surface area (Å²) in [4.78, 5) is 11.6. The van der Waals surface area contributed by atoms with Crippen LogP contribution in [-0.4, -0.2) is 16.6 Å². The lowest BCUT2D eigenvalue weighted by atomic mass is 10.3. The van der Waals surface area contributed by atoms with E-state index in [-0.39, 0.29) is 12.1 Å². The van der Waals surface area contributed by atoms with Gasteiger partial charge in [0.1, 0.15) is 11.8 Å². The summed E-state index contributed by atoms with van der Waals surface area (Å²) in [6.45, 7) is 1.92. The number of aromatic nitrogens is 1. The number of esters is 1. The summed E-state index contributed by atoms with van der Waals surface area (Å²) >= 11 is 0. The molecule has 3 heteroatoms. The van der Waals surface area contributed by atoms with Crippen LogP contribution < -0.4 is 0 Å². The van der Waals surface area contributed by atoms with E-state index in [1.807, 2.05) is 26.2 Å². The van der Waals surface area contributed by atoms with Gasteiger partial charge in [-0.15, -0.1) is 0 Å². The van der Waals surface area contributed by atoms with Crippen LogP contribution >= 0.6 is 0 Å². The highest BCUT2D eigenvalue weighted by molar-refractivity contribution is 5.89. The summed E-state index contributed by atoms with van der Waals surface area (Å²) in [7, 11) is 1.86. The third kappa shape index (κ3) is 1.59. The highest BCUT2D eigenvalue weighted by atomic mass is 16.5. The largest absolute Gasteiger partial charge is 0.458 e. The van der Waals surface area contributed by atoms with E-state index in [9.17, 15) is 4.79 Å². The van der Waals surface area contributed by atoms with Gasteiger partial charge in [0.05, 0.1) is 0 Å². The Hall–Kier alpha value is -1.25. The molecule has 0 aliphatic heterocycles. The van der Waals surface area contributed by atoms with Crippen molar-refractivity contribution in [2.45, 2.75) is 25.9 Å². The average Bonchev–Trinajstić information content (AvgIpc) is 2.79. The zero-order valence-electron chi connectivity index (χ0n) is 7.91. The van der Waals surface area contributed by atoms with E-state index in [1.165, 1.54) is 0 Å². The average molecular weight is 179 g/mol. The maximum Gasteiger partial charge on any atom is 0.355 e. The van der Waals surface area contributed by atoms with E-state index in [1.54, 1.807) is 4.57 Å². The van der Waals surface area contributed by atoms with Gasteiger partial charge in [-0.3, -0.25) is 0 Å². The molecule has 2 rings (SSSR count). The van der Waals surface area contributed by atoms with Crippen LogP contribution in [0.25, 0.3) is 0 Å². The van der Waals surface area contributed by atoms with Crippen molar-refractivity contribution >= 4 is 5.97 Å². The SMILES string of the molecule is Cc1ccn(C)c1C(=O)OC1CC1. The van der Waals surface area contributed by atoms with Gasteiger partial charge in [-0.2, -0.15) is 0 Å². The van der Waals surface area contributed by atoms with E-state index in [2.05, 4.69) is 0 Å². The molecule has 0 N–H and O–H groups in total. The molecule has 0 amide bonds. The number of hydrogen-bond acceptors (Lipinski definition) is 2. The van der Waals surface area contributed by atoms with Crippen LogP contribution in [0.5, 0.6) is 0 Å². The number of ether oxygens (including phenoxy) is 1. The fourth-order valence-electron chi connectivity index (χ4n) is 1.35. The minimum Gasteiger partial charge on any atom is -0.458 e. The number of rotatable bonds is 2. The van der Waals surface area contributed by atoms with Crippen LogP contribution in [0.2, 0.25) is 0 Å². The van der Waals surface area contributed by atoms with Crippen molar-refractivity contribution in [3.8, 4) is 0 Å². The lowest BCUT2D eigenvalue weighted by Crippen LogP contribution is -2.12. The Morgan fingerprint density at radius 3 is 2.77 bits per heavy atom. The van der Waals surface area contributed by atoms with Crippen LogP contribution in [0.15, 0.2) is 12.3 Å². The minimum atomic E-state index is -0.187. The van der Waals surface area contributed by atoms with Crippen molar-refractivity contribution in [2.75, 3.05) is 0 Å². The van der Waals surface area contributed by atoms with Gasteiger partial charge < -0.3 is 9.30 Å². The van der Waals surface area contributed by atoms with Gasteiger partial charge in [0.25, 0.3) is 0 Å². The fraction of sp³-hybridized carbons (Fsp3) is 0.500.